The molecule has 1 aliphatic carbocycles. The molecule has 1 saturated carbocycles. The molecule has 3 aromatic heterocycles. The van der Waals surface area contributed by atoms with E-state index in [9.17, 15) is 18.0 Å². The van der Waals surface area contributed by atoms with Crippen LogP contribution in [-0.4, -0.2) is 45.4 Å². The van der Waals surface area contributed by atoms with Gasteiger partial charge >= 0.3 is 6.18 Å². The molecule has 7 nitrogen and oxygen atoms in total. The number of anilines is 1. The van der Waals surface area contributed by atoms with Crippen LogP contribution < -0.4 is 15.4 Å². The van der Waals surface area contributed by atoms with Crippen molar-refractivity contribution in [2.24, 2.45) is 5.92 Å². The number of aromatic nitrogens is 3. The van der Waals surface area contributed by atoms with Gasteiger partial charge in [-0.2, -0.15) is 18.3 Å². The summed E-state index contributed by atoms with van der Waals surface area (Å²) in [6, 6.07) is 5.83. The molecule has 2 N–H and O–H groups in total. The number of amides is 1. The van der Waals surface area contributed by atoms with E-state index in [1.807, 2.05) is 25.1 Å². The number of piperidine rings is 1. The fourth-order valence-corrected chi connectivity index (χ4v) is 4.08. The Kier molecular flexibility index (Phi) is 5.48. The highest BCUT2D eigenvalue weighted by Gasteiger charge is 2.43. The van der Waals surface area contributed by atoms with Crippen LogP contribution in [0.3, 0.4) is 0 Å². The number of aryl methyl sites for hydroxylation is 1. The number of carbonyl (C=O) groups excluding carboxylic acids is 1. The molecule has 0 spiro atoms. The topological polar surface area (TPSA) is 80.5 Å². The van der Waals surface area contributed by atoms with Crippen molar-refractivity contribution in [2.75, 3.05) is 11.9 Å². The Morgan fingerprint density at radius 1 is 1.24 bits per heavy atom. The maximum atomic E-state index is 13.2. The zero-order valence-electron chi connectivity index (χ0n) is 18.0. The van der Waals surface area contributed by atoms with Crippen molar-refractivity contribution in [2.45, 2.75) is 50.9 Å². The van der Waals surface area contributed by atoms with Crippen LogP contribution in [0.15, 0.2) is 36.7 Å². The number of carbonyl (C=O) groups is 1. The molecule has 2 aliphatic rings. The maximum Gasteiger partial charge on any atom is 0.403 e. The lowest BCUT2D eigenvalue weighted by Crippen LogP contribution is -2.50. The first kappa shape index (κ1) is 21.7. The predicted octanol–water partition coefficient (Wildman–Crippen LogP) is 4.11. The van der Waals surface area contributed by atoms with Crippen molar-refractivity contribution in [1.29, 1.82) is 0 Å². The molecule has 0 bridgehead atoms. The Morgan fingerprint density at radius 3 is 2.82 bits per heavy atom. The molecule has 4 heterocycles. The molecule has 10 heteroatoms. The van der Waals surface area contributed by atoms with Gasteiger partial charge in [0.1, 0.15) is 17.9 Å². The van der Waals surface area contributed by atoms with Crippen molar-refractivity contribution in [3.63, 3.8) is 0 Å². The van der Waals surface area contributed by atoms with Crippen LogP contribution in [0.1, 0.15) is 31.4 Å². The van der Waals surface area contributed by atoms with E-state index in [1.54, 1.807) is 23.0 Å². The van der Waals surface area contributed by atoms with Gasteiger partial charge in [-0.25, -0.2) is 4.52 Å². The zero-order valence-corrected chi connectivity index (χ0v) is 18.0. The Balaban J connectivity index is 1.40. The highest BCUT2D eigenvalue weighted by atomic mass is 19.4. The minimum Gasteiger partial charge on any atom is -0.488 e. The van der Waals surface area contributed by atoms with Crippen LogP contribution in [0.2, 0.25) is 0 Å². The molecular formula is C23H24F3N5O2. The van der Waals surface area contributed by atoms with E-state index in [4.69, 9.17) is 4.74 Å². The van der Waals surface area contributed by atoms with Crippen molar-refractivity contribution in [3.05, 3.63) is 42.4 Å². The van der Waals surface area contributed by atoms with Crippen molar-refractivity contribution in [1.82, 2.24) is 19.9 Å². The molecule has 33 heavy (non-hydrogen) atoms. The van der Waals surface area contributed by atoms with Crippen LogP contribution in [0.25, 0.3) is 16.6 Å². The number of nitrogens with one attached hydrogen (secondary N) is 2. The van der Waals surface area contributed by atoms with Gasteiger partial charge in [-0.05, 0) is 56.5 Å². The molecule has 0 radical (unpaired) electrons. The summed E-state index contributed by atoms with van der Waals surface area (Å²) in [4.78, 5) is 16.3. The molecule has 2 atom stereocenters. The minimum absolute atomic E-state index is 0.0155. The van der Waals surface area contributed by atoms with Gasteiger partial charge in [0, 0.05) is 35.9 Å². The van der Waals surface area contributed by atoms with Gasteiger partial charge < -0.3 is 15.4 Å². The number of hydrogen-bond acceptors (Lipinski definition) is 5. The SMILES string of the molecule is Cc1cc(-c2ccn3nc(NC(=O)C4CC4)cc3c2)c(O[C@H]2CCN[C@@H](C(F)(F)F)C2)cn1. The fourth-order valence-electron chi connectivity index (χ4n) is 4.08. The molecular weight excluding hydrogens is 435 g/mol. The quantitative estimate of drug-likeness (QED) is 0.600. The average molecular weight is 459 g/mol. The number of pyridine rings is 2. The summed E-state index contributed by atoms with van der Waals surface area (Å²) in [6.07, 6.45) is 0.620. The Hall–Kier alpha value is -3.14. The van der Waals surface area contributed by atoms with Crippen molar-refractivity contribution < 1.29 is 22.7 Å². The minimum atomic E-state index is -4.31. The summed E-state index contributed by atoms with van der Waals surface area (Å²) in [7, 11) is 0. The van der Waals surface area contributed by atoms with Crippen molar-refractivity contribution in [3.8, 4) is 16.9 Å². The van der Waals surface area contributed by atoms with Gasteiger partial charge in [0.2, 0.25) is 5.91 Å². The third-order valence-electron chi connectivity index (χ3n) is 6.02. The van der Waals surface area contributed by atoms with Gasteiger partial charge in [-0.1, -0.05) is 0 Å². The molecule has 5 rings (SSSR count). The van der Waals surface area contributed by atoms with Gasteiger partial charge in [0.15, 0.2) is 5.82 Å². The lowest BCUT2D eigenvalue weighted by Gasteiger charge is -2.32. The van der Waals surface area contributed by atoms with E-state index in [-0.39, 0.29) is 24.8 Å². The number of alkyl halides is 3. The molecule has 0 aromatic carbocycles. The van der Waals surface area contributed by atoms with Crippen LogP contribution >= 0.6 is 0 Å². The summed E-state index contributed by atoms with van der Waals surface area (Å²) in [5.41, 5.74) is 3.11. The van der Waals surface area contributed by atoms with Crippen molar-refractivity contribution >= 4 is 17.2 Å². The summed E-state index contributed by atoms with van der Waals surface area (Å²) < 4.78 is 47.2. The van der Waals surface area contributed by atoms with E-state index in [0.717, 1.165) is 35.2 Å². The van der Waals surface area contributed by atoms with E-state index in [2.05, 4.69) is 20.7 Å². The van der Waals surface area contributed by atoms with E-state index >= 15 is 0 Å². The zero-order chi connectivity index (χ0) is 23.2. The largest absolute Gasteiger partial charge is 0.488 e. The second kappa shape index (κ2) is 8.33. The second-order valence-corrected chi connectivity index (χ2v) is 8.71. The molecule has 2 fully saturated rings. The molecule has 0 unspecified atom stereocenters. The van der Waals surface area contributed by atoms with Crippen LogP contribution in [0.4, 0.5) is 19.0 Å². The predicted molar refractivity (Wildman–Crippen MR) is 116 cm³/mol. The summed E-state index contributed by atoms with van der Waals surface area (Å²) in [5, 5.41) is 9.75. The normalized spacial score (nSPS) is 21.2. The van der Waals surface area contributed by atoms with E-state index in [1.165, 1.54) is 0 Å². The van der Waals surface area contributed by atoms with E-state index < -0.39 is 18.3 Å². The fraction of sp³-hybridized carbons (Fsp3) is 0.435. The summed E-state index contributed by atoms with van der Waals surface area (Å²) >= 11 is 0. The highest BCUT2D eigenvalue weighted by molar-refractivity contribution is 5.93. The van der Waals surface area contributed by atoms with Gasteiger partial charge in [0.25, 0.3) is 0 Å². The molecule has 1 aliphatic heterocycles. The van der Waals surface area contributed by atoms with E-state index in [0.29, 0.717) is 18.0 Å². The Bertz CT molecular complexity index is 1190. The molecule has 1 saturated heterocycles. The number of fused-ring (bicyclic) bond motifs is 1. The number of rotatable bonds is 5. The van der Waals surface area contributed by atoms with Crippen LogP contribution in [-0.2, 0) is 4.79 Å². The van der Waals surface area contributed by atoms with Gasteiger partial charge in [-0.3, -0.25) is 9.78 Å². The number of ether oxygens (including phenoxy) is 1. The maximum absolute atomic E-state index is 13.2. The number of hydrogen-bond donors (Lipinski definition) is 2. The summed E-state index contributed by atoms with van der Waals surface area (Å²) in [6.45, 7) is 2.08. The number of nitrogens with zero attached hydrogens (tertiary/aromatic N) is 3. The lowest BCUT2D eigenvalue weighted by molar-refractivity contribution is -0.166. The lowest BCUT2D eigenvalue weighted by atomic mass is 10.0. The molecule has 3 aromatic rings. The smallest absolute Gasteiger partial charge is 0.403 e. The highest BCUT2D eigenvalue weighted by Crippen LogP contribution is 2.35. The Labute approximate surface area is 188 Å². The Morgan fingerprint density at radius 2 is 2.06 bits per heavy atom. The standard InChI is InChI=1S/C23H24F3N5O2/c1-13-8-18(19(12-28-13)33-17-4-6-27-20(11-17)23(24,25)26)15-5-7-31-16(9-15)10-21(30-31)29-22(32)14-2-3-14/h5,7-10,12,14,17,20,27H,2-4,6,11H2,1H3,(H,29,30,32)/t17-,20+/m0/s1. The van der Waals surface area contributed by atoms with Crippen LogP contribution in [0, 0.1) is 12.8 Å². The average Bonchev–Trinajstić information content (AvgIpc) is 3.55. The second-order valence-electron chi connectivity index (χ2n) is 8.71. The third-order valence-corrected chi connectivity index (χ3v) is 6.02. The molecule has 174 valence electrons. The monoisotopic (exact) mass is 459 g/mol. The number of halogens is 3. The summed E-state index contributed by atoms with van der Waals surface area (Å²) in [5.74, 6) is 0.994. The van der Waals surface area contributed by atoms with Crippen LogP contribution in [0.5, 0.6) is 5.75 Å². The third kappa shape index (κ3) is 4.80. The van der Waals surface area contributed by atoms with Gasteiger partial charge in [0.05, 0.1) is 11.7 Å². The van der Waals surface area contributed by atoms with Gasteiger partial charge in [-0.15, -0.1) is 0 Å². The molecule has 1 amide bonds. The first-order valence-electron chi connectivity index (χ1n) is 11.0. The first-order chi connectivity index (χ1) is 15.8. The first-order valence-corrected chi connectivity index (χ1v) is 11.0.